The van der Waals surface area contributed by atoms with Crippen molar-refractivity contribution in [2.45, 2.75) is 93.6 Å². The quantitative estimate of drug-likeness (QED) is 0.453. The molecule has 2 bridgehead atoms. The fourth-order valence-electron chi connectivity index (χ4n) is 6.18. The number of aliphatic hydroxyl groups excluding tert-OH is 1. The summed E-state index contributed by atoms with van der Waals surface area (Å²) in [6.45, 7) is 1.43. The van der Waals surface area contributed by atoms with Gasteiger partial charge in [-0.2, -0.15) is 4.31 Å². The molecule has 2 N–H and O–H groups in total. The van der Waals surface area contributed by atoms with Crippen LogP contribution in [0.15, 0.2) is 59.5 Å². The van der Waals surface area contributed by atoms with Crippen LogP contribution in [0.1, 0.15) is 63.4 Å². The summed E-state index contributed by atoms with van der Waals surface area (Å²) in [7, 11) is -3.97. The minimum atomic E-state index is -3.97. The Kier molecular flexibility index (Phi) is 11.9. The number of amides is 1. The van der Waals surface area contributed by atoms with Crippen molar-refractivity contribution in [1.29, 1.82) is 0 Å². The molecule has 2 aromatic rings. The van der Waals surface area contributed by atoms with Crippen LogP contribution in [0.5, 0.6) is 5.75 Å². The van der Waals surface area contributed by atoms with E-state index in [0.29, 0.717) is 31.8 Å². The lowest BCUT2D eigenvalue weighted by Gasteiger charge is -2.30. The molecule has 0 spiro atoms. The topological polar surface area (TPSA) is 124 Å². The highest BCUT2D eigenvalue weighted by Crippen LogP contribution is 2.33. The van der Waals surface area contributed by atoms with Gasteiger partial charge in [0.05, 0.1) is 42.8 Å². The van der Waals surface area contributed by atoms with Gasteiger partial charge in [0.15, 0.2) is 6.29 Å². The molecule has 2 aromatic carbocycles. The minimum Gasteiger partial charge on any atom is -0.494 e. The van der Waals surface area contributed by atoms with Gasteiger partial charge in [0.1, 0.15) is 11.9 Å². The first-order valence-corrected chi connectivity index (χ1v) is 17.5. The van der Waals surface area contributed by atoms with Crippen molar-refractivity contribution in [3.8, 4) is 5.75 Å². The Bertz CT molecular complexity index is 1290. The second-order valence-corrected chi connectivity index (χ2v) is 13.9. The number of fused-ring (bicyclic) bond motifs is 3. The van der Waals surface area contributed by atoms with Gasteiger partial charge in [-0.1, -0.05) is 74.9 Å². The van der Waals surface area contributed by atoms with Crippen molar-refractivity contribution < 1.29 is 37.3 Å². The molecule has 0 saturated carbocycles. The zero-order valence-corrected chi connectivity index (χ0v) is 26.2. The number of benzene rings is 2. The predicted molar refractivity (Wildman–Crippen MR) is 165 cm³/mol. The molecule has 242 valence electrons. The molecule has 1 unspecified atom stereocenters. The van der Waals surface area contributed by atoms with Crippen LogP contribution < -0.4 is 10.1 Å². The van der Waals surface area contributed by atoms with Gasteiger partial charge in [0.2, 0.25) is 10.0 Å². The smallest absolute Gasteiger partial charge is 0.407 e. The number of sulfonamides is 1. The fourth-order valence-corrected chi connectivity index (χ4v) is 7.71. The minimum absolute atomic E-state index is 0.0207. The molecule has 0 aliphatic carbocycles. The van der Waals surface area contributed by atoms with Crippen LogP contribution in [0.25, 0.3) is 0 Å². The summed E-state index contributed by atoms with van der Waals surface area (Å²) in [6, 6.07) is 15.3. The van der Waals surface area contributed by atoms with Crippen LogP contribution in [0.2, 0.25) is 0 Å². The van der Waals surface area contributed by atoms with Gasteiger partial charge in [0, 0.05) is 19.2 Å². The number of hydrogen-bond donors (Lipinski definition) is 2. The number of nitrogens with zero attached hydrogens (tertiary/aromatic N) is 1. The molecule has 3 aliphatic rings. The van der Waals surface area contributed by atoms with E-state index in [1.807, 2.05) is 30.3 Å². The Morgan fingerprint density at radius 3 is 2.50 bits per heavy atom. The van der Waals surface area contributed by atoms with E-state index in [-0.39, 0.29) is 36.8 Å². The summed E-state index contributed by atoms with van der Waals surface area (Å²) >= 11 is 0. The summed E-state index contributed by atoms with van der Waals surface area (Å²) in [5, 5.41) is 14.4. The van der Waals surface area contributed by atoms with E-state index in [1.165, 1.54) is 4.31 Å². The Hall–Kier alpha value is -2.70. The third kappa shape index (κ3) is 8.94. The van der Waals surface area contributed by atoms with Gasteiger partial charge in [-0.05, 0) is 43.4 Å². The molecular formula is C33H46N2O8S. The Morgan fingerprint density at radius 1 is 0.955 bits per heavy atom. The molecule has 1 amide bonds. The number of β-amino-alcohol motifs (C(OH)–C–C–N with tert-alkyl or cyclic N) is 1. The van der Waals surface area contributed by atoms with Crippen LogP contribution in [-0.4, -0.2) is 81.4 Å². The van der Waals surface area contributed by atoms with Gasteiger partial charge >= 0.3 is 6.09 Å². The second-order valence-electron chi connectivity index (χ2n) is 12.0. The van der Waals surface area contributed by atoms with E-state index in [4.69, 9.17) is 18.9 Å². The summed E-state index contributed by atoms with van der Waals surface area (Å²) in [4.78, 5) is 13.2. The first-order valence-electron chi connectivity index (χ1n) is 16.1. The molecule has 5 atom stereocenters. The number of hydrogen-bond acceptors (Lipinski definition) is 8. The lowest BCUT2D eigenvalue weighted by Crippen LogP contribution is -2.51. The third-order valence-electron chi connectivity index (χ3n) is 8.71. The lowest BCUT2D eigenvalue weighted by atomic mass is 10.0. The molecule has 44 heavy (non-hydrogen) atoms. The average Bonchev–Trinajstić information content (AvgIpc) is 3.64. The monoisotopic (exact) mass is 630 g/mol. The SMILES string of the molecule is O=C(N[C@@H](Cc1ccccc1)[C@H](O)CN1CCCCCCCCCCOc2cccc(c2)S1(=O)=O)O[C@H]1CO[C@H]2OCCC21. The third-order valence-corrected chi connectivity index (χ3v) is 10.6. The van der Waals surface area contributed by atoms with Gasteiger partial charge in [-0.3, -0.25) is 0 Å². The molecular weight excluding hydrogens is 584 g/mol. The maximum absolute atomic E-state index is 14.0. The highest BCUT2D eigenvalue weighted by molar-refractivity contribution is 7.89. The van der Waals surface area contributed by atoms with Gasteiger partial charge < -0.3 is 29.4 Å². The standard InChI is InChI=1S/C33H46N2O8S/c36-30(29(21-25-13-8-7-9-14-25)34-33(37)43-31-24-42-32-28(31)17-20-41-32)23-35-18-10-5-3-1-2-4-6-11-19-40-26-15-12-16-27(22-26)44(35,38)39/h7-9,12-16,22,28-32,36H,1-6,10-11,17-21,23-24H2,(H,34,37)/t28?,29-,30+,31-,32+/m0/s1. The maximum atomic E-state index is 14.0. The molecule has 11 heteroatoms. The zero-order chi connectivity index (χ0) is 30.8. The van der Waals surface area contributed by atoms with E-state index < -0.39 is 34.4 Å². The summed E-state index contributed by atoms with van der Waals surface area (Å²) in [5.74, 6) is 0.489. The van der Waals surface area contributed by atoms with Crippen LogP contribution in [0, 0.1) is 5.92 Å². The largest absolute Gasteiger partial charge is 0.494 e. The fraction of sp³-hybridized carbons (Fsp3) is 0.606. The van der Waals surface area contributed by atoms with Gasteiger partial charge in [-0.25, -0.2) is 13.2 Å². The van der Waals surface area contributed by atoms with E-state index in [1.54, 1.807) is 24.3 Å². The zero-order valence-electron chi connectivity index (χ0n) is 25.3. The van der Waals surface area contributed by atoms with Crippen molar-refractivity contribution >= 4 is 16.1 Å². The normalized spacial score (nSPS) is 26.2. The number of aliphatic hydroxyl groups is 1. The lowest BCUT2D eigenvalue weighted by molar-refractivity contribution is -0.0907. The summed E-state index contributed by atoms with van der Waals surface area (Å²) in [6.07, 6.45) is 6.43. The van der Waals surface area contributed by atoms with Crippen molar-refractivity contribution in [3.05, 3.63) is 60.2 Å². The number of carbonyl (C=O) groups is 1. The van der Waals surface area contributed by atoms with Gasteiger partial charge in [0.25, 0.3) is 0 Å². The molecule has 0 aromatic heterocycles. The first-order chi connectivity index (χ1) is 21.4. The predicted octanol–water partition coefficient (Wildman–Crippen LogP) is 4.65. The maximum Gasteiger partial charge on any atom is 0.407 e. The molecule has 3 aliphatic heterocycles. The molecule has 2 saturated heterocycles. The Morgan fingerprint density at radius 2 is 1.70 bits per heavy atom. The van der Waals surface area contributed by atoms with Crippen LogP contribution >= 0.6 is 0 Å². The van der Waals surface area contributed by atoms with Crippen molar-refractivity contribution in [3.63, 3.8) is 0 Å². The van der Waals surface area contributed by atoms with Crippen LogP contribution in [-0.2, 0) is 30.7 Å². The molecule has 10 nitrogen and oxygen atoms in total. The molecule has 0 radical (unpaired) electrons. The highest BCUT2D eigenvalue weighted by atomic mass is 32.2. The van der Waals surface area contributed by atoms with Crippen molar-refractivity contribution in [2.75, 3.05) is 32.9 Å². The summed E-state index contributed by atoms with van der Waals surface area (Å²) < 4.78 is 52.1. The number of nitrogens with one attached hydrogen (secondary N) is 1. The van der Waals surface area contributed by atoms with Crippen molar-refractivity contribution in [2.24, 2.45) is 5.92 Å². The first kappa shape index (κ1) is 32.7. The average molecular weight is 631 g/mol. The number of alkyl carbamates (subject to hydrolysis) is 1. The van der Waals surface area contributed by atoms with Gasteiger partial charge in [-0.15, -0.1) is 0 Å². The second kappa shape index (κ2) is 16.0. The number of carbonyl (C=O) groups excluding carboxylic acids is 1. The van der Waals surface area contributed by atoms with E-state index >= 15 is 0 Å². The van der Waals surface area contributed by atoms with Crippen LogP contribution in [0.4, 0.5) is 4.79 Å². The molecule has 3 heterocycles. The van der Waals surface area contributed by atoms with E-state index in [0.717, 1.165) is 56.9 Å². The highest BCUT2D eigenvalue weighted by Gasteiger charge is 2.44. The summed E-state index contributed by atoms with van der Waals surface area (Å²) in [5.41, 5.74) is 0.894. The van der Waals surface area contributed by atoms with E-state index in [9.17, 15) is 18.3 Å². The van der Waals surface area contributed by atoms with Crippen LogP contribution in [0.3, 0.4) is 0 Å². The Balaban J connectivity index is 1.32. The van der Waals surface area contributed by atoms with E-state index in [2.05, 4.69) is 5.32 Å². The number of rotatable bonds is 7. The Labute approximate surface area is 261 Å². The number of ether oxygens (including phenoxy) is 4. The molecule has 2 fully saturated rings. The molecule has 5 rings (SSSR count). The van der Waals surface area contributed by atoms with Crippen molar-refractivity contribution in [1.82, 2.24) is 9.62 Å².